The van der Waals surface area contributed by atoms with E-state index in [9.17, 15) is 0 Å². The van der Waals surface area contributed by atoms with Crippen LogP contribution in [0.4, 0.5) is 5.82 Å². The molecule has 0 fully saturated rings. The molecule has 2 aromatic heterocycles. The Labute approximate surface area is 97.2 Å². The Kier molecular flexibility index (Phi) is 3.18. The highest BCUT2D eigenvalue weighted by atomic mass is 35.5. The van der Waals surface area contributed by atoms with Crippen LogP contribution in [-0.4, -0.2) is 16.5 Å². The zero-order chi connectivity index (χ0) is 10.7. The first-order valence-electron chi connectivity index (χ1n) is 4.61. The number of aromatic nitrogens is 2. The molecule has 0 spiro atoms. The van der Waals surface area contributed by atoms with Crippen molar-refractivity contribution in [3.05, 3.63) is 28.9 Å². The lowest BCUT2D eigenvalue weighted by atomic mass is 10.3. The lowest BCUT2D eigenvalue weighted by molar-refractivity contribution is 1.13. The zero-order valence-electron chi connectivity index (χ0n) is 8.20. The van der Waals surface area contributed by atoms with Gasteiger partial charge in [-0.15, -0.1) is 11.3 Å². The van der Waals surface area contributed by atoms with E-state index < -0.39 is 0 Å². The van der Waals surface area contributed by atoms with Gasteiger partial charge in [-0.3, -0.25) is 4.98 Å². The van der Waals surface area contributed by atoms with Crippen LogP contribution in [0.5, 0.6) is 0 Å². The van der Waals surface area contributed by atoms with E-state index in [1.54, 1.807) is 12.4 Å². The Morgan fingerprint density at radius 3 is 2.93 bits per heavy atom. The molecule has 0 unspecified atom stereocenters. The minimum Gasteiger partial charge on any atom is -0.369 e. The van der Waals surface area contributed by atoms with E-state index in [2.05, 4.69) is 15.3 Å². The Morgan fingerprint density at radius 1 is 1.40 bits per heavy atom. The molecule has 0 saturated heterocycles. The summed E-state index contributed by atoms with van der Waals surface area (Å²) in [7, 11) is 0. The molecule has 0 saturated carbocycles. The molecule has 5 heteroatoms. The van der Waals surface area contributed by atoms with Crippen molar-refractivity contribution in [1.29, 1.82) is 0 Å². The predicted molar refractivity (Wildman–Crippen MR) is 64.5 cm³/mol. The second-order valence-electron chi connectivity index (χ2n) is 2.92. The van der Waals surface area contributed by atoms with E-state index in [4.69, 9.17) is 11.6 Å². The average molecular weight is 240 g/mol. The molecule has 15 heavy (non-hydrogen) atoms. The van der Waals surface area contributed by atoms with Crippen LogP contribution >= 0.6 is 22.9 Å². The Balaban J connectivity index is 2.32. The fraction of sp³-hybridized carbons (Fsp3) is 0.200. The second kappa shape index (κ2) is 4.59. The van der Waals surface area contributed by atoms with E-state index in [0.29, 0.717) is 0 Å². The van der Waals surface area contributed by atoms with Crippen molar-refractivity contribution in [1.82, 2.24) is 9.97 Å². The molecular formula is C10H10ClN3S. The van der Waals surface area contributed by atoms with Gasteiger partial charge in [-0.2, -0.15) is 0 Å². The van der Waals surface area contributed by atoms with E-state index in [-0.39, 0.29) is 0 Å². The van der Waals surface area contributed by atoms with Crippen molar-refractivity contribution in [2.75, 3.05) is 11.9 Å². The highest BCUT2D eigenvalue weighted by Crippen LogP contribution is 2.29. The molecule has 0 bridgehead atoms. The number of halogens is 1. The largest absolute Gasteiger partial charge is 0.369 e. The lowest BCUT2D eigenvalue weighted by Gasteiger charge is -2.02. The molecule has 0 amide bonds. The maximum Gasteiger partial charge on any atom is 0.145 e. The summed E-state index contributed by atoms with van der Waals surface area (Å²) in [5, 5.41) is 3.12. The third kappa shape index (κ3) is 2.46. The van der Waals surface area contributed by atoms with Gasteiger partial charge in [0.25, 0.3) is 0 Å². The van der Waals surface area contributed by atoms with Gasteiger partial charge in [-0.25, -0.2) is 4.98 Å². The van der Waals surface area contributed by atoms with Gasteiger partial charge >= 0.3 is 0 Å². The quantitative estimate of drug-likeness (QED) is 0.893. The third-order valence-corrected chi connectivity index (χ3v) is 3.07. The number of nitrogens with zero attached hydrogens (tertiary/aromatic N) is 2. The number of thiophene rings is 1. The van der Waals surface area contributed by atoms with Crippen molar-refractivity contribution in [3.8, 4) is 10.6 Å². The van der Waals surface area contributed by atoms with Crippen LogP contribution in [-0.2, 0) is 0 Å². The topological polar surface area (TPSA) is 37.8 Å². The normalized spacial score (nSPS) is 10.3. The van der Waals surface area contributed by atoms with Gasteiger partial charge in [0.1, 0.15) is 11.5 Å². The molecule has 0 radical (unpaired) electrons. The molecular weight excluding hydrogens is 230 g/mol. The molecule has 0 atom stereocenters. The second-order valence-corrected chi connectivity index (χ2v) is 4.64. The van der Waals surface area contributed by atoms with Gasteiger partial charge in [0.15, 0.2) is 0 Å². The molecule has 0 aromatic carbocycles. The van der Waals surface area contributed by atoms with Crippen molar-refractivity contribution in [2.45, 2.75) is 6.92 Å². The van der Waals surface area contributed by atoms with Gasteiger partial charge in [0, 0.05) is 6.54 Å². The maximum absolute atomic E-state index is 5.87. The molecule has 1 N–H and O–H groups in total. The fourth-order valence-corrected chi connectivity index (χ4v) is 2.20. The number of hydrogen-bond donors (Lipinski definition) is 1. The summed E-state index contributed by atoms with van der Waals surface area (Å²) < 4.78 is 0.764. The lowest BCUT2D eigenvalue weighted by Crippen LogP contribution is -2.00. The van der Waals surface area contributed by atoms with Crippen LogP contribution in [0.25, 0.3) is 10.6 Å². The van der Waals surface area contributed by atoms with Crippen LogP contribution in [0.15, 0.2) is 24.5 Å². The van der Waals surface area contributed by atoms with Crippen molar-refractivity contribution in [2.24, 2.45) is 0 Å². The molecule has 0 aliphatic heterocycles. The smallest absolute Gasteiger partial charge is 0.145 e. The molecule has 3 nitrogen and oxygen atoms in total. The summed E-state index contributed by atoms with van der Waals surface area (Å²) in [5.74, 6) is 0.791. The number of anilines is 1. The van der Waals surface area contributed by atoms with Crippen LogP contribution in [0.2, 0.25) is 4.34 Å². The van der Waals surface area contributed by atoms with E-state index in [1.165, 1.54) is 11.3 Å². The fourth-order valence-electron chi connectivity index (χ4n) is 1.20. The predicted octanol–water partition coefficient (Wildman–Crippen LogP) is 3.29. The van der Waals surface area contributed by atoms with Crippen LogP contribution in [0, 0.1) is 0 Å². The van der Waals surface area contributed by atoms with Gasteiger partial charge in [0.05, 0.1) is 21.6 Å². The van der Waals surface area contributed by atoms with Gasteiger partial charge in [-0.1, -0.05) is 11.6 Å². The number of rotatable bonds is 3. The maximum atomic E-state index is 5.87. The first kappa shape index (κ1) is 10.4. The Morgan fingerprint density at radius 2 is 2.27 bits per heavy atom. The standard InChI is InChI=1S/C10H10ClN3S/c1-2-13-10-6-12-5-7(14-10)8-3-4-9(11)15-8/h3-6H,2H2,1H3,(H,13,14). The van der Waals surface area contributed by atoms with E-state index >= 15 is 0 Å². The molecule has 2 heterocycles. The minimum absolute atomic E-state index is 0.764. The first-order valence-corrected chi connectivity index (χ1v) is 5.80. The number of nitrogens with one attached hydrogen (secondary N) is 1. The average Bonchev–Trinajstić information content (AvgIpc) is 2.66. The first-order chi connectivity index (χ1) is 7.29. The monoisotopic (exact) mass is 239 g/mol. The molecule has 0 aliphatic rings. The zero-order valence-corrected chi connectivity index (χ0v) is 9.77. The molecule has 2 rings (SSSR count). The van der Waals surface area contributed by atoms with Gasteiger partial charge in [-0.05, 0) is 19.1 Å². The third-order valence-electron chi connectivity index (χ3n) is 1.82. The van der Waals surface area contributed by atoms with Crippen molar-refractivity contribution >= 4 is 28.8 Å². The highest BCUT2D eigenvalue weighted by molar-refractivity contribution is 7.19. The van der Waals surface area contributed by atoms with Gasteiger partial charge in [0.2, 0.25) is 0 Å². The Bertz CT molecular complexity index is 455. The van der Waals surface area contributed by atoms with Crippen LogP contribution < -0.4 is 5.32 Å². The summed E-state index contributed by atoms with van der Waals surface area (Å²) in [4.78, 5) is 9.59. The summed E-state index contributed by atoms with van der Waals surface area (Å²) in [6, 6.07) is 3.82. The van der Waals surface area contributed by atoms with Crippen molar-refractivity contribution < 1.29 is 0 Å². The molecule has 78 valence electrons. The molecule has 0 aliphatic carbocycles. The summed E-state index contributed by atoms with van der Waals surface area (Å²) >= 11 is 7.37. The summed E-state index contributed by atoms with van der Waals surface area (Å²) in [6.07, 6.45) is 3.45. The number of hydrogen-bond acceptors (Lipinski definition) is 4. The van der Waals surface area contributed by atoms with E-state index in [1.807, 2.05) is 19.1 Å². The van der Waals surface area contributed by atoms with Crippen molar-refractivity contribution in [3.63, 3.8) is 0 Å². The van der Waals surface area contributed by atoms with Crippen LogP contribution in [0.1, 0.15) is 6.92 Å². The summed E-state index contributed by atoms with van der Waals surface area (Å²) in [6.45, 7) is 2.86. The van der Waals surface area contributed by atoms with Crippen LogP contribution in [0.3, 0.4) is 0 Å². The highest BCUT2D eigenvalue weighted by Gasteiger charge is 2.04. The summed E-state index contributed by atoms with van der Waals surface area (Å²) in [5.41, 5.74) is 0.852. The van der Waals surface area contributed by atoms with Gasteiger partial charge < -0.3 is 5.32 Å². The SMILES string of the molecule is CCNc1cncc(-c2ccc(Cl)s2)n1. The Hall–Kier alpha value is -1.13. The van der Waals surface area contributed by atoms with E-state index in [0.717, 1.165) is 27.3 Å². The minimum atomic E-state index is 0.764. The molecule has 2 aromatic rings.